The van der Waals surface area contributed by atoms with E-state index in [0.29, 0.717) is 32.2 Å². The van der Waals surface area contributed by atoms with Crippen LogP contribution in [-0.2, 0) is 9.59 Å². The van der Waals surface area contributed by atoms with Crippen LogP contribution in [0.1, 0.15) is 20.8 Å². The van der Waals surface area contributed by atoms with Crippen molar-refractivity contribution in [3.8, 4) is 5.75 Å². The molecular weight excluding hydrogens is 411 g/mol. The van der Waals surface area contributed by atoms with Gasteiger partial charge in [0.05, 0.1) is 16.4 Å². The molecule has 0 bridgehead atoms. The molecule has 1 aliphatic heterocycles. The average Bonchev–Trinajstić information content (AvgIpc) is 2.59. The number of hydrogen-bond donors (Lipinski definition) is 1. The Balaban J connectivity index is 1.96. The number of carbonyl (C=O) groups is 2. The van der Waals surface area contributed by atoms with E-state index in [1.807, 2.05) is 0 Å². The zero-order valence-corrected chi connectivity index (χ0v) is 17.1. The van der Waals surface area contributed by atoms with Gasteiger partial charge in [0.15, 0.2) is 5.60 Å². The number of anilines is 2. The van der Waals surface area contributed by atoms with E-state index in [2.05, 4.69) is 5.32 Å². The van der Waals surface area contributed by atoms with Gasteiger partial charge in [-0.05, 0) is 57.2 Å². The molecule has 0 saturated carbocycles. The first-order chi connectivity index (χ1) is 12.6. The smallest absolute Gasteiger partial charge is 0.271 e. The van der Waals surface area contributed by atoms with Gasteiger partial charge in [-0.2, -0.15) is 0 Å². The normalized spacial score (nSPS) is 16.4. The number of rotatable bonds is 3. The second-order valence-corrected chi connectivity index (χ2v) is 7.97. The number of hydrogen-bond acceptors (Lipinski definition) is 3. The molecule has 8 heteroatoms. The van der Waals surface area contributed by atoms with Crippen LogP contribution >= 0.6 is 34.8 Å². The second kappa shape index (κ2) is 7.23. The zero-order chi connectivity index (χ0) is 19.9. The monoisotopic (exact) mass is 426 g/mol. The van der Waals surface area contributed by atoms with Gasteiger partial charge < -0.3 is 10.1 Å². The van der Waals surface area contributed by atoms with Gasteiger partial charge in [-0.1, -0.05) is 34.8 Å². The Hall–Kier alpha value is -1.95. The Morgan fingerprint density at radius 3 is 2.44 bits per heavy atom. The topological polar surface area (TPSA) is 58.6 Å². The lowest BCUT2D eigenvalue weighted by Crippen LogP contribution is -2.57. The molecule has 0 aliphatic carbocycles. The van der Waals surface area contributed by atoms with Gasteiger partial charge in [0.2, 0.25) is 5.91 Å². The Labute approximate surface area is 172 Å². The molecule has 0 spiro atoms. The predicted octanol–water partition coefficient (Wildman–Crippen LogP) is 5.18. The fraction of sp³-hybridized carbons (Fsp3) is 0.263. The molecule has 1 N–H and O–H groups in total. The van der Waals surface area contributed by atoms with Crippen molar-refractivity contribution in [2.75, 3.05) is 10.2 Å². The molecular formula is C19H17Cl3N2O3. The van der Waals surface area contributed by atoms with Crippen LogP contribution < -0.4 is 15.0 Å². The van der Waals surface area contributed by atoms with Crippen molar-refractivity contribution in [2.24, 2.45) is 0 Å². The molecule has 0 aromatic heterocycles. The molecule has 5 nitrogen and oxygen atoms in total. The molecule has 1 unspecified atom stereocenters. The minimum Gasteiger partial charge on any atom is -0.476 e. The molecule has 1 heterocycles. The standard InChI is InChI=1S/C19H17Cl3N2O3/c1-10(17(25)23-14-8-11(20)4-6-13(14)22)24-15-9-12(21)5-7-16(15)27-19(2,3)18(24)26/h4-10H,1-3H3,(H,23,25). The van der Waals surface area contributed by atoms with Gasteiger partial charge in [-0.3, -0.25) is 14.5 Å². The summed E-state index contributed by atoms with van der Waals surface area (Å²) >= 11 is 18.2. The maximum Gasteiger partial charge on any atom is 0.271 e. The summed E-state index contributed by atoms with van der Waals surface area (Å²) in [4.78, 5) is 27.2. The summed E-state index contributed by atoms with van der Waals surface area (Å²) in [6.45, 7) is 4.93. The maximum atomic E-state index is 13.0. The van der Waals surface area contributed by atoms with Crippen molar-refractivity contribution in [3.05, 3.63) is 51.5 Å². The zero-order valence-electron chi connectivity index (χ0n) is 14.8. The molecule has 1 aliphatic rings. The van der Waals surface area contributed by atoms with Crippen LogP contribution in [0.5, 0.6) is 5.75 Å². The van der Waals surface area contributed by atoms with Crippen molar-refractivity contribution in [1.82, 2.24) is 0 Å². The van der Waals surface area contributed by atoms with Crippen LogP contribution in [0.4, 0.5) is 11.4 Å². The number of nitrogens with zero attached hydrogens (tertiary/aromatic N) is 1. The maximum absolute atomic E-state index is 13.0. The third kappa shape index (κ3) is 3.86. The van der Waals surface area contributed by atoms with Crippen molar-refractivity contribution >= 4 is 58.0 Å². The molecule has 0 radical (unpaired) electrons. The Morgan fingerprint density at radius 1 is 1.11 bits per heavy atom. The van der Waals surface area contributed by atoms with E-state index in [1.165, 1.54) is 4.90 Å². The first kappa shape index (κ1) is 19.8. The molecule has 0 saturated heterocycles. The first-order valence-electron chi connectivity index (χ1n) is 8.18. The second-order valence-electron chi connectivity index (χ2n) is 6.69. The largest absolute Gasteiger partial charge is 0.476 e. The molecule has 0 fully saturated rings. The minimum atomic E-state index is -1.12. The number of amides is 2. The van der Waals surface area contributed by atoms with Crippen LogP contribution in [0.25, 0.3) is 0 Å². The van der Waals surface area contributed by atoms with E-state index in [9.17, 15) is 9.59 Å². The predicted molar refractivity (Wildman–Crippen MR) is 108 cm³/mol. The van der Waals surface area contributed by atoms with Crippen LogP contribution in [0.3, 0.4) is 0 Å². The van der Waals surface area contributed by atoms with Crippen molar-refractivity contribution in [1.29, 1.82) is 0 Å². The van der Waals surface area contributed by atoms with Gasteiger partial charge in [0.25, 0.3) is 5.91 Å². The van der Waals surface area contributed by atoms with Crippen LogP contribution in [0.2, 0.25) is 15.1 Å². The van der Waals surface area contributed by atoms with Gasteiger partial charge in [-0.25, -0.2) is 0 Å². The molecule has 2 amide bonds. The van der Waals surface area contributed by atoms with E-state index in [4.69, 9.17) is 39.5 Å². The number of halogens is 3. The number of benzene rings is 2. The van der Waals surface area contributed by atoms with Crippen molar-refractivity contribution in [3.63, 3.8) is 0 Å². The molecule has 3 rings (SSSR count). The highest BCUT2D eigenvalue weighted by molar-refractivity contribution is 6.35. The molecule has 2 aromatic carbocycles. The fourth-order valence-corrected chi connectivity index (χ4v) is 3.32. The molecule has 27 heavy (non-hydrogen) atoms. The third-order valence-corrected chi connectivity index (χ3v) is 5.03. The molecule has 1 atom stereocenters. The highest BCUT2D eigenvalue weighted by Gasteiger charge is 2.44. The van der Waals surface area contributed by atoms with Gasteiger partial charge in [-0.15, -0.1) is 0 Å². The summed E-state index contributed by atoms with van der Waals surface area (Å²) in [6, 6.07) is 8.85. The lowest BCUT2D eigenvalue weighted by molar-refractivity contribution is -0.134. The highest BCUT2D eigenvalue weighted by Crippen LogP contribution is 2.40. The number of nitrogens with one attached hydrogen (secondary N) is 1. The summed E-state index contributed by atoms with van der Waals surface area (Å²) in [7, 11) is 0. The lowest BCUT2D eigenvalue weighted by atomic mass is 10.0. The number of carbonyl (C=O) groups excluding carboxylic acids is 2. The van der Waals surface area contributed by atoms with Gasteiger partial charge >= 0.3 is 0 Å². The third-order valence-electron chi connectivity index (χ3n) is 4.23. The van der Waals surface area contributed by atoms with E-state index in [1.54, 1.807) is 57.2 Å². The quantitative estimate of drug-likeness (QED) is 0.734. The summed E-state index contributed by atoms with van der Waals surface area (Å²) in [6.07, 6.45) is 0. The van der Waals surface area contributed by atoms with Crippen LogP contribution in [-0.4, -0.2) is 23.5 Å². The van der Waals surface area contributed by atoms with E-state index >= 15 is 0 Å². The van der Waals surface area contributed by atoms with E-state index < -0.39 is 17.6 Å². The highest BCUT2D eigenvalue weighted by atomic mass is 35.5. The Bertz CT molecular complexity index is 930. The fourth-order valence-electron chi connectivity index (χ4n) is 2.82. The SMILES string of the molecule is CC(C(=O)Nc1cc(Cl)ccc1Cl)N1C(=O)C(C)(C)Oc2ccc(Cl)cc21. The first-order valence-corrected chi connectivity index (χ1v) is 9.31. The molecule has 2 aromatic rings. The van der Waals surface area contributed by atoms with Gasteiger partial charge in [0.1, 0.15) is 11.8 Å². The Morgan fingerprint density at radius 2 is 1.74 bits per heavy atom. The van der Waals surface area contributed by atoms with Crippen LogP contribution in [0, 0.1) is 0 Å². The minimum absolute atomic E-state index is 0.344. The number of ether oxygens (including phenoxy) is 1. The van der Waals surface area contributed by atoms with E-state index in [-0.39, 0.29) is 5.91 Å². The van der Waals surface area contributed by atoms with Crippen molar-refractivity contribution < 1.29 is 14.3 Å². The molecule has 142 valence electrons. The van der Waals surface area contributed by atoms with Crippen LogP contribution in [0.15, 0.2) is 36.4 Å². The summed E-state index contributed by atoms with van der Waals surface area (Å²) in [5, 5.41) is 3.93. The average molecular weight is 428 g/mol. The number of fused-ring (bicyclic) bond motifs is 1. The lowest BCUT2D eigenvalue weighted by Gasteiger charge is -2.41. The van der Waals surface area contributed by atoms with Gasteiger partial charge in [0, 0.05) is 10.0 Å². The van der Waals surface area contributed by atoms with E-state index in [0.717, 1.165) is 0 Å². The van der Waals surface area contributed by atoms with Crippen molar-refractivity contribution in [2.45, 2.75) is 32.4 Å². The summed E-state index contributed by atoms with van der Waals surface area (Å²) in [5.41, 5.74) is -0.317. The summed E-state index contributed by atoms with van der Waals surface area (Å²) < 4.78 is 5.78. The Kier molecular flexibility index (Phi) is 5.30. The summed E-state index contributed by atoms with van der Waals surface area (Å²) in [5.74, 6) is -0.294.